The highest BCUT2D eigenvalue weighted by Crippen LogP contribution is 2.60. The Morgan fingerprint density at radius 2 is 0.527 bits per heavy atom. The van der Waals surface area contributed by atoms with Crippen molar-refractivity contribution < 1.29 is 0 Å². The van der Waals surface area contributed by atoms with Gasteiger partial charge in [-0.15, -0.1) is 22.7 Å². The molecule has 0 saturated carbocycles. The quantitative estimate of drug-likeness (QED) is 0.140. The number of thiophene rings is 2. The van der Waals surface area contributed by atoms with Crippen molar-refractivity contribution in [3.05, 3.63) is 374 Å². The van der Waals surface area contributed by atoms with Crippen molar-refractivity contribution in [2.75, 3.05) is 0 Å². The lowest BCUT2D eigenvalue weighted by atomic mass is 9.79. The first-order chi connectivity index (χ1) is 55.1. The minimum atomic E-state index is -0.294. The van der Waals surface area contributed by atoms with E-state index in [1.807, 2.05) is 22.7 Å². The predicted molar refractivity (Wildman–Crippen MR) is 485 cm³/mol. The predicted octanol–water partition coefficient (Wildman–Crippen LogP) is 31.9. The van der Waals surface area contributed by atoms with Crippen molar-refractivity contribution in [1.29, 1.82) is 0 Å². The largest absolute Gasteiger partial charge is 0.135 e. The SMILES string of the molecule is CC1(C)c2cc(-c3c4ccccc4c(-c4ccc(-c5ccc(-c6cc7sc8ccccc8c7c7c8c(ccc67)C(C)(C)c6cc(-c7c9ccccc9c(-c9ccc(-c%10ccccc%10)c%10ccccc9%10)c9ccccc79)ccc6-8)cc5)c5ccccc45)c4ccccc34)ccc2-c2c1ccc1ccc3c4ccccc4sc3c21. The highest BCUT2D eigenvalue weighted by molar-refractivity contribution is 7.27. The van der Waals surface area contributed by atoms with Crippen molar-refractivity contribution in [3.63, 3.8) is 0 Å². The van der Waals surface area contributed by atoms with Gasteiger partial charge in [0.2, 0.25) is 0 Å². The van der Waals surface area contributed by atoms with Gasteiger partial charge in [-0.3, -0.25) is 0 Å². The van der Waals surface area contributed by atoms with Crippen LogP contribution in [0.4, 0.5) is 0 Å². The standard InChI is InChI=1S/C110H70S2/c1-109(2)92-58-49-66-46-50-87-75-30-20-22-40-96(75)112-108(87)101(66)104(92)88-51-47-67(60-94(88)109)99-76-31-12-18-37-82(76)103(83-38-19-13-32-77(83)99)85-56-54-70(72-27-9-11-29-74(72)85)64-42-44-65(45-43-64)91-62-98-106(90-39-21-23-41-97(90)111-98)107-86(91)57-59-93-105(107)89-52-48-68(61-95(89)110(93,3)4)100-78-33-14-16-35-80(78)102(81-36-17-15-34-79(81)100)84-55-53-69(63-24-6-5-7-25-63)71-26-8-10-28-73(71)84/h5-62H,1-4H3. The molecule has 0 radical (unpaired) electrons. The molecule has 112 heavy (non-hydrogen) atoms. The number of hydrogen-bond donors (Lipinski definition) is 0. The Kier molecular flexibility index (Phi) is 13.5. The second kappa shape index (κ2) is 23.7. The molecule has 0 aliphatic heterocycles. The van der Waals surface area contributed by atoms with Crippen LogP contribution in [-0.2, 0) is 10.8 Å². The third-order valence-corrected chi connectivity index (χ3v) is 28.2. The Labute approximate surface area is 657 Å². The van der Waals surface area contributed by atoms with Gasteiger partial charge in [-0.1, -0.05) is 349 Å². The fourth-order valence-electron chi connectivity index (χ4n) is 20.8. The first kappa shape index (κ1) is 63.8. The van der Waals surface area contributed by atoms with Gasteiger partial charge in [-0.2, -0.15) is 0 Å². The zero-order valence-electron chi connectivity index (χ0n) is 62.3. The summed E-state index contributed by atoms with van der Waals surface area (Å²) in [6, 6.07) is 134. The molecule has 0 atom stereocenters. The molecule has 2 heterocycles. The molecule has 0 unspecified atom stereocenters. The van der Waals surface area contributed by atoms with Crippen LogP contribution in [0.5, 0.6) is 0 Å². The summed E-state index contributed by atoms with van der Waals surface area (Å²) in [5.41, 5.74) is 27.9. The normalized spacial score (nSPS) is 13.5. The van der Waals surface area contributed by atoms with Crippen molar-refractivity contribution >= 4 is 149 Å². The highest BCUT2D eigenvalue weighted by atomic mass is 32.1. The average Bonchev–Trinajstić information content (AvgIpc) is 1.42. The minimum absolute atomic E-state index is 0.207. The van der Waals surface area contributed by atoms with Crippen LogP contribution in [0.3, 0.4) is 0 Å². The van der Waals surface area contributed by atoms with Gasteiger partial charge < -0.3 is 0 Å². The van der Waals surface area contributed by atoms with E-state index < -0.39 is 0 Å². The van der Waals surface area contributed by atoms with Crippen LogP contribution >= 0.6 is 22.7 Å². The number of rotatable bonds is 7. The van der Waals surface area contributed by atoms with Crippen LogP contribution in [0.15, 0.2) is 352 Å². The molecule has 22 aromatic rings. The topological polar surface area (TPSA) is 0 Å². The smallest absolute Gasteiger partial charge is 0.0440 e. The Hall–Kier alpha value is -13.1. The van der Waals surface area contributed by atoms with Crippen LogP contribution in [0.25, 0.3) is 227 Å². The first-order valence-electron chi connectivity index (χ1n) is 39.3. The van der Waals surface area contributed by atoms with Gasteiger partial charge in [0.05, 0.1) is 0 Å². The number of benzene rings is 20. The molecular formula is C110H70S2. The summed E-state index contributed by atoms with van der Waals surface area (Å²) in [5, 5.41) is 25.7. The van der Waals surface area contributed by atoms with Gasteiger partial charge in [0.25, 0.3) is 0 Å². The van der Waals surface area contributed by atoms with Crippen LogP contribution in [-0.4, -0.2) is 0 Å². The number of hydrogen-bond acceptors (Lipinski definition) is 2. The molecule has 2 aliphatic carbocycles. The summed E-state index contributed by atoms with van der Waals surface area (Å²) < 4.78 is 5.34. The van der Waals surface area contributed by atoms with E-state index in [2.05, 4.69) is 380 Å². The third kappa shape index (κ3) is 8.93. The molecule has 0 bridgehead atoms. The van der Waals surface area contributed by atoms with Crippen LogP contribution in [0.2, 0.25) is 0 Å². The second-order valence-electron chi connectivity index (χ2n) is 32.2. The lowest BCUT2D eigenvalue weighted by molar-refractivity contribution is 0.661. The van der Waals surface area contributed by atoms with E-state index in [0.717, 1.165) is 0 Å². The van der Waals surface area contributed by atoms with Crippen molar-refractivity contribution in [2.24, 2.45) is 0 Å². The molecule has 0 fully saturated rings. The van der Waals surface area contributed by atoms with Gasteiger partial charge in [-0.05, 0) is 234 Å². The van der Waals surface area contributed by atoms with Gasteiger partial charge in [0.1, 0.15) is 0 Å². The number of fused-ring (bicyclic) bond motifs is 24. The first-order valence-corrected chi connectivity index (χ1v) is 40.9. The molecule has 0 amide bonds. The zero-order valence-corrected chi connectivity index (χ0v) is 63.9. The Morgan fingerprint density at radius 1 is 0.179 bits per heavy atom. The lowest BCUT2D eigenvalue weighted by Crippen LogP contribution is -2.15. The maximum atomic E-state index is 2.56. The van der Waals surface area contributed by atoms with E-state index in [1.165, 1.54) is 249 Å². The molecule has 20 aromatic carbocycles. The molecule has 0 N–H and O–H groups in total. The van der Waals surface area contributed by atoms with E-state index in [4.69, 9.17) is 0 Å². The van der Waals surface area contributed by atoms with Crippen LogP contribution < -0.4 is 0 Å². The maximum Gasteiger partial charge on any atom is 0.0440 e. The molecule has 0 spiro atoms. The van der Waals surface area contributed by atoms with Crippen LogP contribution in [0, 0.1) is 0 Å². The summed E-state index contributed by atoms with van der Waals surface area (Å²) >= 11 is 3.85. The van der Waals surface area contributed by atoms with Gasteiger partial charge >= 0.3 is 0 Å². The Balaban J connectivity index is 0.619. The van der Waals surface area contributed by atoms with Gasteiger partial charge in [0, 0.05) is 56.6 Å². The summed E-state index contributed by atoms with van der Waals surface area (Å²) in [6.07, 6.45) is 0. The zero-order chi connectivity index (χ0) is 74.0. The van der Waals surface area contributed by atoms with E-state index in [0.29, 0.717) is 0 Å². The fraction of sp³-hybridized carbons (Fsp3) is 0.0545. The highest BCUT2D eigenvalue weighted by Gasteiger charge is 2.40. The maximum absolute atomic E-state index is 2.56. The summed E-state index contributed by atoms with van der Waals surface area (Å²) in [4.78, 5) is 0. The van der Waals surface area contributed by atoms with Crippen LogP contribution in [0.1, 0.15) is 49.9 Å². The summed E-state index contributed by atoms with van der Waals surface area (Å²) in [7, 11) is 0. The minimum Gasteiger partial charge on any atom is -0.135 e. The fourth-order valence-corrected chi connectivity index (χ4v) is 23.2. The Bertz CT molecular complexity index is 7800. The van der Waals surface area contributed by atoms with Crippen molar-refractivity contribution in [1.82, 2.24) is 0 Å². The monoisotopic (exact) mass is 1450 g/mol. The molecular weight excluding hydrogens is 1390 g/mol. The lowest BCUT2D eigenvalue weighted by Gasteiger charge is -2.23. The average molecular weight is 1460 g/mol. The molecule has 522 valence electrons. The van der Waals surface area contributed by atoms with E-state index in [1.54, 1.807) is 0 Å². The second-order valence-corrected chi connectivity index (χ2v) is 34.4. The summed E-state index contributed by atoms with van der Waals surface area (Å²) in [5.74, 6) is 0. The third-order valence-electron chi connectivity index (χ3n) is 25.9. The van der Waals surface area contributed by atoms with Gasteiger partial charge in [0.15, 0.2) is 0 Å². The van der Waals surface area contributed by atoms with Crippen molar-refractivity contribution in [3.8, 4) is 100 Å². The van der Waals surface area contributed by atoms with Gasteiger partial charge in [-0.25, -0.2) is 0 Å². The van der Waals surface area contributed by atoms with Crippen molar-refractivity contribution in [2.45, 2.75) is 38.5 Å². The molecule has 2 aromatic heterocycles. The van der Waals surface area contributed by atoms with E-state index >= 15 is 0 Å². The molecule has 0 saturated heterocycles. The Morgan fingerprint density at radius 3 is 1.03 bits per heavy atom. The van der Waals surface area contributed by atoms with E-state index in [-0.39, 0.29) is 10.8 Å². The molecule has 24 rings (SSSR count). The molecule has 0 nitrogen and oxygen atoms in total. The summed E-state index contributed by atoms with van der Waals surface area (Å²) in [6.45, 7) is 9.78. The van der Waals surface area contributed by atoms with E-state index in [9.17, 15) is 0 Å². The molecule has 2 aliphatic rings. The molecule has 2 heteroatoms.